The number of carbonyl (C=O) groups excluding carboxylic acids is 1. The summed E-state index contributed by atoms with van der Waals surface area (Å²) in [7, 11) is 0.935. The summed E-state index contributed by atoms with van der Waals surface area (Å²) < 4.78 is 42.1. The minimum Gasteiger partial charge on any atom is -0.478 e. The molecule has 0 atom stereocenters. The number of piperidine rings is 1. The Hall–Kier alpha value is -1.73. The lowest BCUT2D eigenvalue weighted by Crippen LogP contribution is -2.45. The molecule has 0 N–H and O–H groups in total. The predicted octanol–water partition coefficient (Wildman–Crippen LogP) is 3.57. The molecule has 2 rings (SSSR count). The van der Waals surface area contributed by atoms with Gasteiger partial charge in [0.1, 0.15) is 5.82 Å². The number of methoxy groups -OCH3 is 1. The van der Waals surface area contributed by atoms with Gasteiger partial charge < -0.3 is 14.5 Å². The molecule has 0 aromatic rings. The third-order valence-corrected chi connectivity index (χ3v) is 4.05. The van der Waals surface area contributed by atoms with E-state index in [4.69, 9.17) is 0 Å². The second kappa shape index (κ2) is 9.68. The van der Waals surface area contributed by atoms with E-state index in [2.05, 4.69) is 30.2 Å². The highest BCUT2D eigenvalue weighted by Crippen LogP contribution is 2.25. The Morgan fingerprint density at radius 1 is 1.28 bits per heavy atom. The van der Waals surface area contributed by atoms with Gasteiger partial charge in [-0.25, -0.2) is 0 Å². The zero-order valence-electron chi connectivity index (χ0n) is 15.2. The van der Waals surface area contributed by atoms with Crippen molar-refractivity contribution in [3.8, 4) is 0 Å². The molecule has 0 bridgehead atoms. The number of nitrogens with zero attached hydrogens (tertiary/aromatic N) is 3. The molecule has 2 aliphatic heterocycles. The minimum atomic E-state index is -4.63. The fourth-order valence-corrected chi connectivity index (χ4v) is 2.90. The van der Waals surface area contributed by atoms with Crippen molar-refractivity contribution in [2.75, 3.05) is 26.7 Å². The highest BCUT2D eigenvalue weighted by atomic mass is 19.4. The molecule has 2 aliphatic rings. The van der Waals surface area contributed by atoms with E-state index in [0.29, 0.717) is 32.4 Å². The molecule has 0 radical (unpaired) electrons. The number of halogens is 3. The van der Waals surface area contributed by atoms with E-state index in [0.717, 1.165) is 20.1 Å². The number of carbonyl (C=O) groups is 1. The molecule has 2 fully saturated rings. The van der Waals surface area contributed by atoms with Gasteiger partial charge in [0.25, 0.3) is 5.90 Å². The molecule has 8 heteroatoms. The van der Waals surface area contributed by atoms with Crippen LogP contribution in [0, 0.1) is 0 Å². The molecular weight excluding hydrogens is 335 g/mol. The average molecular weight is 363 g/mol. The molecule has 5 nitrogen and oxygen atoms in total. The molecule has 0 aromatic carbocycles. The van der Waals surface area contributed by atoms with Gasteiger partial charge in [0.15, 0.2) is 0 Å². The average Bonchev–Trinajstić information content (AvgIpc) is 2.98. The van der Waals surface area contributed by atoms with Crippen LogP contribution >= 0.6 is 0 Å². The number of rotatable bonds is 3. The van der Waals surface area contributed by atoms with Crippen LogP contribution in [0.2, 0.25) is 0 Å². The van der Waals surface area contributed by atoms with Crippen molar-refractivity contribution in [2.45, 2.75) is 58.2 Å². The van der Waals surface area contributed by atoms with Crippen molar-refractivity contribution in [2.24, 2.45) is 4.99 Å². The van der Waals surface area contributed by atoms with Crippen molar-refractivity contribution < 1.29 is 22.7 Å². The van der Waals surface area contributed by atoms with Crippen LogP contribution in [0.3, 0.4) is 0 Å². The second-order valence-corrected chi connectivity index (χ2v) is 6.15. The van der Waals surface area contributed by atoms with Gasteiger partial charge in [-0.1, -0.05) is 26.8 Å². The first-order chi connectivity index (χ1) is 11.7. The van der Waals surface area contributed by atoms with E-state index in [1.807, 2.05) is 4.90 Å². The smallest absolute Gasteiger partial charge is 0.468 e. The third kappa shape index (κ3) is 6.25. The van der Waals surface area contributed by atoms with E-state index in [-0.39, 0.29) is 17.8 Å². The zero-order valence-corrected chi connectivity index (χ0v) is 15.2. The molecule has 0 saturated carbocycles. The number of ether oxygens (including phenoxy) is 1. The first kappa shape index (κ1) is 21.3. The second-order valence-electron chi connectivity index (χ2n) is 6.15. The van der Waals surface area contributed by atoms with Crippen molar-refractivity contribution in [1.82, 2.24) is 9.80 Å². The van der Waals surface area contributed by atoms with Crippen molar-refractivity contribution in [1.29, 1.82) is 0 Å². The summed E-state index contributed by atoms with van der Waals surface area (Å²) in [6.07, 6.45) is -0.458. The third-order valence-electron chi connectivity index (χ3n) is 4.05. The Kier molecular flexibility index (Phi) is 8.25. The number of likely N-dealkylation sites (tertiary alicyclic amines) is 2. The monoisotopic (exact) mass is 363 g/mol. The van der Waals surface area contributed by atoms with Crippen LogP contribution in [0.25, 0.3) is 0 Å². The van der Waals surface area contributed by atoms with Gasteiger partial charge in [0.2, 0.25) is 5.91 Å². The molecule has 0 spiro atoms. The number of hydrogen-bond acceptors (Lipinski definition) is 4. The normalized spacial score (nSPS) is 19.6. The molecule has 2 saturated heterocycles. The molecule has 144 valence electrons. The Morgan fingerprint density at radius 2 is 1.84 bits per heavy atom. The molecule has 1 amide bonds. The van der Waals surface area contributed by atoms with Crippen LogP contribution in [-0.2, 0) is 9.53 Å². The van der Waals surface area contributed by atoms with Crippen LogP contribution in [0.5, 0.6) is 0 Å². The van der Waals surface area contributed by atoms with Gasteiger partial charge in [0.05, 0.1) is 7.11 Å². The Bertz CT molecular complexity index is 484. The van der Waals surface area contributed by atoms with Gasteiger partial charge in [-0.05, 0) is 19.3 Å². The number of alkyl halides is 3. The summed E-state index contributed by atoms with van der Waals surface area (Å²) in [5, 5.41) is 0. The first-order valence-electron chi connectivity index (χ1n) is 8.67. The lowest BCUT2D eigenvalue weighted by atomic mass is 10.0. The summed E-state index contributed by atoms with van der Waals surface area (Å²) in [5.74, 6) is -1.08. The van der Waals surface area contributed by atoms with E-state index in [1.54, 1.807) is 4.90 Å². The molecule has 0 aromatic heterocycles. The van der Waals surface area contributed by atoms with Gasteiger partial charge in [-0.15, -0.1) is 0 Å². The standard InChI is InChI=1S/C14H20F3N3O2.C3H8/c1-10(18-13(22-2)14(15,16)17)19-8-5-11(6-9-19)20-7-3-4-12(20)21;1-3-2/h11H,1,3-9H2,2H3;3H2,1-2H3/b18-13-;. The van der Waals surface area contributed by atoms with E-state index in [1.165, 1.54) is 6.42 Å². The fourth-order valence-electron chi connectivity index (χ4n) is 2.90. The maximum atomic E-state index is 12.6. The Balaban J connectivity index is 0.000000970. The van der Waals surface area contributed by atoms with Gasteiger partial charge >= 0.3 is 6.18 Å². The summed E-state index contributed by atoms with van der Waals surface area (Å²) in [6.45, 7) is 9.69. The van der Waals surface area contributed by atoms with Crippen LogP contribution < -0.4 is 0 Å². The van der Waals surface area contributed by atoms with Gasteiger partial charge in [0, 0.05) is 32.1 Å². The quantitative estimate of drug-likeness (QED) is 0.569. The number of hydrogen-bond donors (Lipinski definition) is 0. The highest BCUT2D eigenvalue weighted by molar-refractivity contribution is 5.82. The lowest BCUT2D eigenvalue weighted by Gasteiger charge is -2.37. The summed E-state index contributed by atoms with van der Waals surface area (Å²) in [4.78, 5) is 18.7. The van der Waals surface area contributed by atoms with Crippen LogP contribution in [0.1, 0.15) is 46.0 Å². The summed E-state index contributed by atoms with van der Waals surface area (Å²) >= 11 is 0. The minimum absolute atomic E-state index is 0.0420. The van der Waals surface area contributed by atoms with Crippen LogP contribution in [0.4, 0.5) is 13.2 Å². The van der Waals surface area contributed by atoms with Crippen molar-refractivity contribution in [3.05, 3.63) is 12.4 Å². The van der Waals surface area contributed by atoms with E-state index >= 15 is 0 Å². The summed E-state index contributed by atoms with van der Waals surface area (Å²) in [6, 6.07) is 0.174. The zero-order chi connectivity index (χ0) is 19.0. The molecule has 0 unspecified atom stereocenters. The number of amides is 1. The topological polar surface area (TPSA) is 45.1 Å². The van der Waals surface area contributed by atoms with Crippen LogP contribution in [-0.4, -0.2) is 60.6 Å². The van der Waals surface area contributed by atoms with Crippen LogP contribution in [0.15, 0.2) is 17.4 Å². The SMILES string of the molecule is C=C(/N=C(\OC)C(F)(F)F)N1CCC(N2CCCC2=O)CC1.CCC. The first-order valence-corrected chi connectivity index (χ1v) is 8.67. The summed E-state index contributed by atoms with van der Waals surface area (Å²) in [5.41, 5.74) is 0. The largest absolute Gasteiger partial charge is 0.478 e. The lowest BCUT2D eigenvalue weighted by molar-refractivity contribution is -0.130. The highest BCUT2D eigenvalue weighted by Gasteiger charge is 2.38. The maximum absolute atomic E-state index is 12.6. The molecule has 2 heterocycles. The van der Waals surface area contributed by atoms with Gasteiger partial charge in [-0.3, -0.25) is 4.79 Å². The maximum Gasteiger partial charge on any atom is 0.468 e. The molecule has 0 aliphatic carbocycles. The molecular formula is C17H28F3N3O2. The molecule has 25 heavy (non-hydrogen) atoms. The Labute approximate surface area is 147 Å². The van der Waals surface area contributed by atoms with Gasteiger partial charge in [-0.2, -0.15) is 18.2 Å². The predicted molar refractivity (Wildman–Crippen MR) is 91.1 cm³/mol. The van der Waals surface area contributed by atoms with E-state index < -0.39 is 12.1 Å². The van der Waals surface area contributed by atoms with E-state index in [9.17, 15) is 18.0 Å². The van der Waals surface area contributed by atoms with Crippen molar-refractivity contribution >= 4 is 11.8 Å². The number of aliphatic imine (C=N–C) groups is 1. The Morgan fingerprint density at radius 3 is 2.24 bits per heavy atom. The fraction of sp³-hybridized carbons (Fsp3) is 0.765. The van der Waals surface area contributed by atoms with Crippen molar-refractivity contribution in [3.63, 3.8) is 0 Å².